The van der Waals surface area contributed by atoms with Gasteiger partial charge in [-0.05, 0) is 43.2 Å². The third kappa shape index (κ3) is 2.73. The first kappa shape index (κ1) is 12.8. The van der Waals surface area contributed by atoms with Crippen LogP contribution >= 0.6 is 11.5 Å². The molecule has 1 aromatic carbocycles. The summed E-state index contributed by atoms with van der Waals surface area (Å²) in [5.74, 6) is 0. The maximum absolute atomic E-state index is 5.57. The first-order chi connectivity index (χ1) is 9.38. The molecule has 1 aliphatic heterocycles. The number of nitrogens with two attached hydrogens (primary N) is 1. The predicted octanol–water partition coefficient (Wildman–Crippen LogP) is 1.77. The van der Waals surface area contributed by atoms with Gasteiger partial charge in [-0.1, -0.05) is 12.1 Å². The molecule has 0 unspecified atom stereocenters. The second-order valence-electron chi connectivity index (χ2n) is 4.98. The van der Waals surface area contributed by atoms with E-state index in [2.05, 4.69) is 38.4 Å². The van der Waals surface area contributed by atoms with Crippen molar-refractivity contribution in [2.24, 2.45) is 5.73 Å². The summed E-state index contributed by atoms with van der Waals surface area (Å²) < 4.78 is 4.53. The second-order valence-corrected chi connectivity index (χ2v) is 5.73. The molecular formula is C14H20N4S. The van der Waals surface area contributed by atoms with Crippen LogP contribution in [0.2, 0.25) is 0 Å². The molecule has 1 saturated heterocycles. The normalized spacial score (nSPS) is 17.2. The van der Waals surface area contributed by atoms with E-state index in [1.807, 2.05) is 0 Å². The van der Waals surface area contributed by atoms with E-state index in [9.17, 15) is 0 Å². The molecule has 19 heavy (non-hydrogen) atoms. The van der Waals surface area contributed by atoms with Gasteiger partial charge in [-0.2, -0.15) is 4.37 Å². The van der Waals surface area contributed by atoms with E-state index in [4.69, 9.17) is 5.73 Å². The van der Waals surface area contributed by atoms with Crippen LogP contribution in [0.3, 0.4) is 0 Å². The molecule has 0 aliphatic carbocycles. The van der Waals surface area contributed by atoms with Crippen LogP contribution in [-0.2, 0) is 0 Å². The lowest BCUT2D eigenvalue weighted by atomic mass is 10.2. The molecule has 0 atom stereocenters. The van der Waals surface area contributed by atoms with Gasteiger partial charge in [0.25, 0.3) is 0 Å². The predicted molar refractivity (Wildman–Crippen MR) is 81.9 cm³/mol. The van der Waals surface area contributed by atoms with Gasteiger partial charge in [0.2, 0.25) is 0 Å². The zero-order chi connectivity index (χ0) is 13.1. The fraction of sp³-hybridized carbons (Fsp3) is 0.500. The maximum atomic E-state index is 5.57. The minimum Gasteiger partial charge on any atom is -0.359 e. The number of aromatic nitrogens is 1. The maximum Gasteiger partial charge on any atom is 0.120 e. The van der Waals surface area contributed by atoms with Gasteiger partial charge in [0.05, 0.1) is 5.52 Å². The third-order valence-corrected chi connectivity index (χ3v) is 4.64. The number of hydrogen-bond donors (Lipinski definition) is 1. The summed E-state index contributed by atoms with van der Waals surface area (Å²) >= 11 is 1.63. The van der Waals surface area contributed by atoms with E-state index >= 15 is 0 Å². The van der Waals surface area contributed by atoms with Crippen molar-refractivity contribution in [2.75, 3.05) is 44.2 Å². The fourth-order valence-corrected chi connectivity index (χ4v) is 3.51. The minimum atomic E-state index is 0.791. The standard InChI is InChI=1S/C14H20N4S/c15-6-3-7-17-8-10-18(11-9-17)14-12-4-1-2-5-13(12)16-19-14/h1-2,4-5H,3,6-11,15H2. The zero-order valence-corrected chi connectivity index (χ0v) is 11.9. The first-order valence-corrected chi connectivity index (χ1v) is 7.67. The molecule has 0 radical (unpaired) electrons. The number of hydrogen-bond acceptors (Lipinski definition) is 5. The zero-order valence-electron chi connectivity index (χ0n) is 11.1. The smallest absolute Gasteiger partial charge is 0.120 e. The van der Waals surface area contributed by atoms with Gasteiger partial charge >= 0.3 is 0 Å². The second kappa shape index (κ2) is 5.86. The molecule has 3 rings (SSSR count). The number of fused-ring (bicyclic) bond motifs is 1. The van der Waals surface area contributed by atoms with E-state index in [-0.39, 0.29) is 0 Å². The van der Waals surface area contributed by atoms with Crippen LogP contribution in [0.4, 0.5) is 5.00 Å². The molecule has 2 N–H and O–H groups in total. The Balaban J connectivity index is 1.68. The summed E-state index contributed by atoms with van der Waals surface area (Å²) in [7, 11) is 0. The Morgan fingerprint density at radius 3 is 2.74 bits per heavy atom. The molecule has 1 aliphatic rings. The van der Waals surface area contributed by atoms with E-state index in [1.165, 1.54) is 10.4 Å². The van der Waals surface area contributed by atoms with Crippen molar-refractivity contribution < 1.29 is 0 Å². The van der Waals surface area contributed by atoms with E-state index in [0.717, 1.165) is 51.2 Å². The van der Waals surface area contributed by atoms with Crippen molar-refractivity contribution in [1.29, 1.82) is 0 Å². The van der Waals surface area contributed by atoms with Crippen molar-refractivity contribution in [1.82, 2.24) is 9.27 Å². The van der Waals surface area contributed by atoms with Crippen LogP contribution in [0.5, 0.6) is 0 Å². The van der Waals surface area contributed by atoms with Gasteiger partial charge in [-0.25, -0.2) is 0 Å². The Hall–Kier alpha value is -1.17. The number of piperazine rings is 1. The Bertz CT molecular complexity index is 531. The summed E-state index contributed by atoms with van der Waals surface area (Å²) in [5.41, 5.74) is 6.69. The molecule has 0 spiro atoms. The molecule has 2 heterocycles. The van der Waals surface area contributed by atoms with Crippen LogP contribution in [0.25, 0.3) is 10.9 Å². The SMILES string of the molecule is NCCCN1CCN(c2snc3ccccc23)CC1. The highest BCUT2D eigenvalue weighted by molar-refractivity contribution is 7.11. The molecule has 0 bridgehead atoms. The van der Waals surface area contributed by atoms with Gasteiger partial charge in [-0.15, -0.1) is 0 Å². The molecule has 0 amide bonds. The number of anilines is 1. The van der Waals surface area contributed by atoms with Crippen molar-refractivity contribution in [3.8, 4) is 0 Å². The number of benzene rings is 1. The van der Waals surface area contributed by atoms with E-state index in [1.54, 1.807) is 11.5 Å². The Morgan fingerprint density at radius 2 is 1.95 bits per heavy atom. The van der Waals surface area contributed by atoms with Crippen LogP contribution in [0.1, 0.15) is 6.42 Å². The topological polar surface area (TPSA) is 45.4 Å². The highest BCUT2D eigenvalue weighted by atomic mass is 32.1. The van der Waals surface area contributed by atoms with E-state index < -0.39 is 0 Å². The number of nitrogens with zero attached hydrogens (tertiary/aromatic N) is 3. The van der Waals surface area contributed by atoms with Gasteiger partial charge < -0.3 is 10.6 Å². The molecule has 1 aromatic heterocycles. The molecule has 0 saturated carbocycles. The fourth-order valence-electron chi connectivity index (χ4n) is 2.59. The quantitative estimate of drug-likeness (QED) is 0.924. The summed E-state index contributed by atoms with van der Waals surface area (Å²) in [6.07, 6.45) is 1.10. The van der Waals surface area contributed by atoms with Crippen molar-refractivity contribution in [2.45, 2.75) is 6.42 Å². The minimum absolute atomic E-state index is 0.791. The summed E-state index contributed by atoms with van der Waals surface area (Å²) in [5, 5.41) is 2.62. The molecule has 4 nitrogen and oxygen atoms in total. The third-order valence-electron chi connectivity index (χ3n) is 3.70. The average Bonchev–Trinajstić information content (AvgIpc) is 2.90. The van der Waals surface area contributed by atoms with Crippen molar-refractivity contribution in [3.05, 3.63) is 24.3 Å². The van der Waals surface area contributed by atoms with Crippen LogP contribution in [-0.4, -0.2) is 48.5 Å². The molecule has 102 valence electrons. The van der Waals surface area contributed by atoms with Crippen LogP contribution in [0.15, 0.2) is 24.3 Å². The first-order valence-electron chi connectivity index (χ1n) is 6.90. The number of rotatable bonds is 4. The lowest BCUT2D eigenvalue weighted by Gasteiger charge is -2.35. The highest BCUT2D eigenvalue weighted by Gasteiger charge is 2.19. The van der Waals surface area contributed by atoms with Crippen molar-refractivity contribution in [3.63, 3.8) is 0 Å². The lowest BCUT2D eigenvalue weighted by molar-refractivity contribution is 0.257. The molecular weight excluding hydrogens is 256 g/mol. The largest absolute Gasteiger partial charge is 0.359 e. The summed E-state index contributed by atoms with van der Waals surface area (Å²) in [4.78, 5) is 4.98. The van der Waals surface area contributed by atoms with Gasteiger partial charge in [-0.3, -0.25) is 4.90 Å². The Morgan fingerprint density at radius 1 is 1.16 bits per heavy atom. The Labute approximate surface area is 118 Å². The Kier molecular flexibility index (Phi) is 3.96. The monoisotopic (exact) mass is 276 g/mol. The lowest BCUT2D eigenvalue weighted by Crippen LogP contribution is -2.46. The molecule has 2 aromatic rings. The van der Waals surface area contributed by atoms with Gasteiger partial charge in [0.15, 0.2) is 0 Å². The average molecular weight is 276 g/mol. The van der Waals surface area contributed by atoms with Crippen LogP contribution in [0, 0.1) is 0 Å². The molecule has 5 heteroatoms. The molecule has 1 fully saturated rings. The summed E-state index contributed by atoms with van der Waals surface area (Å²) in [6.45, 7) is 6.37. The van der Waals surface area contributed by atoms with Crippen LogP contribution < -0.4 is 10.6 Å². The summed E-state index contributed by atoms with van der Waals surface area (Å²) in [6, 6.07) is 8.41. The van der Waals surface area contributed by atoms with Gasteiger partial charge in [0.1, 0.15) is 5.00 Å². The highest BCUT2D eigenvalue weighted by Crippen LogP contribution is 2.31. The van der Waals surface area contributed by atoms with Crippen molar-refractivity contribution >= 4 is 27.4 Å². The van der Waals surface area contributed by atoms with E-state index in [0.29, 0.717) is 0 Å². The van der Waals surface area contributed by atoms with Gasteiger partial charge in [0, 0.05) is 31.6 Å².